The van der Waals surface area contributed by atoms with Crippen LogP contribution in [0, 0.1) is 0 Å². The first-order chi connectivity index (χ1) is 6.28. The lowest BCUT2D eigenvalue weighted by atomic mass is 9.85. The van der Waals surface area contributed by atoms with Crippen LogP contribution in [0.4, 0.5) is 0 Å². The van der Waals surface area contributed by atoms with Crippen LogP contribution >= 0.6 is 12.4 Å². The van der Waals surface area contributed by atoms with Crippen molar-refractivity contribution in [3.63, 3.8) is 0 Å². The van der Waals surface area contributed by atoms with Gasteiger partial charge in [-0.1, -0.05) is 11.6 Å². The zero-order valence-electron chi connectivity index (χ0n) is 7.90. The molecule has 0 spiro atoms. The molecule has 3 rings (SSSR count). The van der Waals surface area contributed by atoms with Crippen molar-refractivity contribution in [2.75, 3.05) is 0 Å². The minimum Gasteiger partial charge on any atom is -0.339 e. The third-order valence-electron chi connectivity index (χ3n) is 3.13. The highest BCUT2D eigenvalue weighted by atomic mass is 35.5. The molecule has 5 heteroatoms. The van der Waals surface area contributed by atoms with Crippen molar-refractivity contribution in [1.82, 2.24) is 10.1 Å². The fraction of sp³-hybridized carbons (Fsp3) is 0.778. The van der Waals surface area contributed by atoms with Gasteiger partial charge in [-0.3, -0.25) is 0 Å². The van der Waals surface area contributed by atoms with Crippen LogP contribution in [-0.2, 0) is 5.54 Å². The molecule has 4 nitrogen and oxygen atoms in total. The van der Waals surface area contributed by atoms with Crippen LogP contribution in [0.25, 0.3) is 0 Å². The van der Waals surface area contributed by atoms with Gasteiger partial charge in [0.15, 0.2) is 5.82 Å². The molecule has 0 radical (unpaired) electrons. The topological polar surface area (TPSA) is 64.9 Å². The van der Waals surface area contributed by atoms with Gasteiger partial charge in [0.1, 0.15) is 0 Å². The van der Waals surface area contributed by atoms with Crippen molar-refractivity contribution < 1.29 is 4.52 Å². The second-order valence-corrected chi connectivity index (χ2v) is 4.24. The molecular weight excluding hydrogens is 202 g/mol. The molecule has 0 amide bonds. The maximum absolute atomic E-state index is 5.96. The Kier molecular flexibility index (Phi) is 2.27. The van der Waals surface area contributed by atoms with Gasteiger partial charge < -0.3 is 10.3 Å². The molecule has 0 atom stereocenters. The molecule has 0 unspecified atom stereocenters. The highest BCUT2D eigenvalue weighted by Gasteiger charge is 2.45. The van der Waals surface area contributed by atoms with Crippen molar-refractivity contribution in [3.8, 4) is 0 Å². The van der Waals surface area contributed by atoms with Gasteiger partial charge in [-0.25, -0.2) is 0 Å². The largest absolute Gasteiger partial charge is 0.339 e. The summed E-state index contributed by atoms with van der Waals surface area (Å²) in [5, 5.41) is 3.94. The lowest BCUT2D eigenvalue weighted by Gasteiger charge is -2.20. The van der Waals surface area contributed by atoms with Crippen LogP contribution in [0.2, 0.25) is 0 Å². The van der Waals surface area contributed by atoms with Gasteiger partial charge in [0, 0.05) is 5.92 Å². The second kappa shape index (κ2) is 3.21. The minimum absolute atomic E-state index is 0. The van der Waals surface area contributed by atoms with Crippen LogP contribution in [0.15, 0.2) is 4.52 Å². The van der Waals surface area contributed by atoms with Gasteiger partial charge >= 0.3 is 0 Å². The van der Waals surface area contributed by atoms with E-state index >= 15 is 0 Å². The van der Waals surface area contributed by atoms with E-state index in [1.807, 2.05) is 0 Å². The number of nitrogens with two attached hydrogens (primary N) is 1. The predicted molar refractivity (Wildman–Crippen MR) is 53.2 cm³/mol. The summed E-state index contributed by atoms with van der Waals surface area (Å²) in [6, 6.07) is 0. The Labute approximate surface area is 88.7 Å². The van der Waals surface area contributed by atoms with E-state index in [1.54, 1.807) is 0 Å². The number of hydrogen-bond donors (Lipinski definition) is 1. The summed E-state index contributed by atoms with van der Waals surface area (Å²) >= 11 is 0. The quantitative estimate of drug-likeness (QED) is 0.816. The zero-order valence-corrected chi connectivity index (χ0v) is 8.72. The maximum Gasteiger partial charge on any atom is 0.229 e. The van der Waals surface area contributed by atoms with E-state index in [1.165, 1.54) is 19.3 Å². The van der Waals surface area contributed by atoms with Gasteiger partial charge in [-0.2, -0.15) is 4.98 Å². The molecule has 2 saturated carbocycles. The summed E-state index contributed by atoms with van der Waals surface area (Å²) in [5.74, 6) is 2.04. The van der Waals surface area contributed by atoms with Gasteiger partial charge in [0.25, 0.3) is 0 Å². The van der Waals surface area contributed by atoms with E-state index in [0.29, 0.717) is 5.92 Å². The third kappa shape index (κ3) is 1.42. The highest BCUT2D eigenvalue weighted by molar-refractivity contribution is 5.85. The molecule has 2 aliphatic carbocycles. The van der Waals surface area contributed by atoms with Crippen LogP contribution in [-0.4, -0.2) is 10.1 Å². The summed E-state index contributed by atoms with van der Waals surface area (Å²) in [4.78, 5) is 4.36. The molecule has 2 N–H and O–H groups in total. The third-order valence-corrected chi connectivity index (χ3v) is 3.13. The van der Waals surface area contributed by atoms with E-state index in [4.69, 9.17) is 10.3 Å². The Morgan fingerprint density at radius 3 is 2.57 bits per heavy atom. The Morgan fingerprint density at radius 2 is 2.07 bits per heavy atom. The predicted octanol–water partition coefficient (Wildman–Crippen LogP) is 1.71. The van der Waals surface area contributed by atoms with E-state index < -0.39 is 0 Å². The Balaban J connectivity index is 0.000000750. The average molecular weight is 216 g/mol. The molecule has 1 aromatic heterocycles. The molecule has 2 aliphatic rings. The second-order valence-electron chi connectivity index (χ2n) is 4.24. The average Bonchev–Trinajstić information content (AvgIpc) is 2.61. The van der Waals surface area contributed by atoms with Crippen LogP contribution in [0.1, 0.15) is 49.7 Å². The van der Waals surface area contributed by atoms with E-state index in [-0.39, 0.29) is 17.9 Å². The summed E-state index contributed by atoms with van der Waals surface area (Å²) in [6.07, 6.45) is 5.67. The number of aromatic nitrogens is 2. The van der Waals surface area contributed by atoms with Crippen molar-refractivity contribution in [1.29, 1.82) is 0 Å². The standard InChI is InChI=1S/C9H13N3O.ClH/c10-9(4-5-9)8-11-7(13-12-8)6-2-1-3-6;/h6H,1-5,10H2;1H. The van der Waals surface area contributed by atoms with Gasteiger partial charge in [0.05, 0.1) is 5.54 Å². The Bertz CT molecular complexity index is 331. The van der Waals surface area contributed by atoms with Crippen molar-refractivity contribution in [3.05, 3.63) is 11.7 Å². The van der Waals surface area contributed by atoms with Gasteiger partial charge in [-0.15, -0.1) is 12.4 Å². The molecule has 14 heavy (non-hydrogen) atoms. The number of rotatable bonds is 2. The first-order valence-electron chi connectivity index (χ1n) is 4.91. The van der Waals surface area contributed by atoms with E-state index in [2.05, 4.69) is 10.1 Å². The normalized spacial score (nSPS) is 23.8. The summed E-state index contributed by atoms with van der Waals surface area (Å²) < 4.78 is 5.19. The molecule has 0 bridgehead atoms. The molecule has 1 aromatic rings. The fourth-order valence-corrected chi connectivity index (χ4v) is 1.62. The summed E-state index contributed by atoms with van der Waals surface area (Å²) in [6.45, 7) is 0. The smallest absolute Gasteiger partial charge is 0.229 e. The van der Waals surface area contributed by atoms with Crippen molar-refractivity contribution in [2.45, 2.75) is 43.6 Å². The zero-order chi connectivity index (χ0) is 8.89. The molecule has 0 saturated heterocycles. The van der Waals surface area contributed by atoms with Crippen molar-refractivity contribution in [2.24, 2.45) is 5.73 Å². The summed E-state index contributed by atoms with van der Waals surface area (Å²) in [7, 11) is 0. The van der Waals surface area contributed by atoms with Crippen LogP contribution in [0.3, 0.4) is 0 Å². The van der Waals surface area contributed by atoms with Gasteiger partial charge in [-0.05, 0) is 25.7 Å². The fourth-order valence-electron chi connectivity index (χ4n) is 1.62. The lowest BCUT2D eigenvalue weighted by molar-refractivity contribution is 0.290. The molecule has 0 aromatic carbocycles. The Morgan fingerprint density at radius 1 is 1.36 bits per heavy atom. The minimum atomic E-state index is -0.245. The maximum atomic E-state index is 5.96. The SMILES string of the molecule is Cl.NC1(c2noc(C3CCC3)n2)CC1. The molecule has 1 heterocycles. The first-order valence-corrected chi connectivity index (χ1v) is 4.91. The first kappa shape index (κ1) is 9.93. The van der Waals surface area contributed by atoms with Gasteiger partial charge in [0.2, 0.25) is 5.89 Å². The highest BCUT2D eigenvalue weighted by Crippen LogP contribution is 2.42. The van der Waals surface area contributed by atoms with Crippen LogP contribution in [0.5, 0.6) is 0 Å². The number of nitrogens with zero attached hydrogens (tertiary/aromatic N) is 2. The monoisotopic (exact) mass is 215 g/mol. The summed E-state index contributed by atoms with van der Waals surface area (Å²) in [5.41, 5.74) is 5.71. The number of halogens is 1. The Hall–Kier alpha value is -0.610. The molecule has 0 aliphatic heterocycles. The van der Waals surface area contributed by atoms with Crippen LogP contribution < -0.4 is 5.73 Å². The molecule has 78 valence electrons. The molecule has 2 fully saturated rings. The molecular formula is C9H14ClN3O. The van der Waals surface area contributed by atoms with Crippen molar-refractivity contribution >= 4 is 12.4 Å². The van der Waals surface area contributed by atoms with E-state index in [0.717, 1.165) is 24.6 Å². The lowest BCUT2D eigenvalue weighted by Crippen LogP contribution is -2.20. The number of hydrogen-bond acceptors (Lipinski definition) is 4. The van der Waals surface area contributed by atoms with E-state index in [9.17, 15) is 0 Å².